The molecule has 0 saturated heterocycles. The molecule has 0 fully saturated rings. The molecule has 0 aromatic rings. The molecule has 3 rings (SSSR count). The first kappa shape index (κ1) is 7.67. The Bertz CT molecular complexity index is 440. The molecule has 0 N–H and O–H groups in total. The van der Waals surface area contributed by atoms with Crippen LogP contribution in [0.1, 0.15) is 12.8 Å². The Morgan fingerprint density at radius 1 is 1.43 bits per heavy atom. The van der Waals surface area contributed by atoms with E-state index in [4.69, 9.17) is 0 Å². The van der Waals surface area contributed by atoms with Gasteiger partial charge < -0.3 is 0 Å². The van der Waals surface area contributed by atoms with Crippen molar-refractivity contribution in [3.63, 3.8) is 0 Å². The van der Waals surface area contributed by atoms with Gasteiger partial charge >= 0.3 is 0 Å². The Hall–Kier alpha value is -1.71. The predicted molar refractivity (Wildman–Crippen MR) is 52.4 cm³/mol. The summed E-state index contributed by atoms with van der Waals surface area (Å²) >= 11 is 0. The highest BCUT2D eigenvalue weighted by Crippen LogP contribution is 2.31. The molecule has 0 saturated carbocycles. The summed E-state index contributed by atoms with van der Waals surface area (Å²) in [5.74, 6) is -0.0312. The average Bonchev–Trinajstić information content (AvgIpc) is 2.18. The van der Waals surface area contributed by atoms with Gasteiger partial charge in [-0.2, -0.15) is 9.38 Å². The largest absolute Gasteiger partial charge is 0.283 e. The molecule has 0 aliphatic carbocycles. The van der Waals surface area contributed by atoms with Gasteiger partial charge in [-0.25, -0.2) is 4.99 Å². The van der Waals surface area contributed by atoms with Gasteiger partial charge in [0.15, 0.2) is 0 Å². The molecular formula is C10H8FN3. The zero-order chi connectivity index (χ0) is 9.54. The van der Waals surface area contributed by atoms with E-state index in [0.717, 1.165) is 24.2 Å². The summed E-state index contributed by atoms with van der Waals surface area (Å²) in [6, 6.07) is 0. The second kappa shape index (κ2) is 2.64. The Morgan fingerprint density at radius 2 is 2.36 bits per heavy atom. The van der Waals surface area contributed by atoms with Crippen LogP contribution in [0.25, 0.3) is 0 Å². The summed E-state index contributed by atoms with van der Waals surface area (Å²) in [5, 5.41) is 0. The van der Waals surface area contributed by atoms with Crippen LogP contribution in [0.4, 0.5) is 4.39 Å². The smallest absolute Gasteiger partial charge is 0.236 e. The van der Waals surface area contributed by atoms with Crippen LogP contribution in [0.15, 0.2) is 45.6 Å². The highest BCUT2D eigenvalue weighted by Gasteiger charge is 2.27. The minimum atomic E-state index is -0.470. The van der Waals surface area contributed by atoms with Crippen molar-refractivity contribution in [2.24, 2.45) is 9.98 Å². The van der Waals surface area contributed by atoms with Crippen LogP contribution >= 0.6 is 0 Å². The van der Waals surface area contributed by atoms with Crippen molar-refractivity contribution in [3.05, 3.63) is 35.6 Å². The summed E-state index contributed by atoms with van der Waals surface area (Å²) in [7, 11) is 0. The maximum absolute atomic E-state index is 13.1. The predicted octanol–water partition coefficient (Wildman–Crippen LogP) is 2.11. The second-order valence-corrected chi connectivity index (χ2v) is 3.32. The lowest BCUT2D eigenvalue weighted by Crippen LogP contribution is -2.33. The Morgan fingerprint density at radius 3 is 3.29 bits per heavy atom. The van der Waals surface area contributed by atoms with Gasteiger partial charge in [0.05, 0.1) is 0 Å². The molecule has 0 aromatic heterocycles. The third-order valence-electron chi connectivity index (χ3n) is 2.43. The van der Waals surface area contributed by atoms with E-state index >= 15 is 0 Å². The Kier molecular flexibility index (Phi) is 1.45. The summed E-state index contributed by atoms with van der Waals surface area (Å²) in [4.78, 5) is 9.68. The lowest BCUT2D eigenvalue weighted by atomic mass is 10.1. The molecule has 0 radical (unpaired) electrons. The monoisotopic (exact) mass is 189 g/mol. The van der Waals surface area contributed by atoms with E-state index in [1.54, 1.807) is 6.21 Å². The quantitative estimate of drug-likeness (QED) is 0.536. The number of aliphatic imine (C=N–C) groups is 2. The second-order valence-electron chi connectivity index (χ2n) is 3.32. The van der Waals surface area contributed by atoms with Gasteiger partial charge in [0.2, 0.25) is 11.9 Å². The van der Waals surface area contributed by atoms with E-state index in [1.165, 1.54) is 6.08 Å². The first-order chi connectivity index (χ1) is 6.84. The molecule has 0 aromatic carbocycles. The molecule has 3 aliphatic rings. The SMILES string of the molecule is FC1=CC2=CCCC3=CC=NC(=N1)N23. The number of nitrogens with zero attached hydrogens (tertiary/aromatic N) is 3. The van der Waals surface area contributed by atoms with Gasteiger partial charge in [-0.3, -0.25) is 4.90 Å². The normalized spacial score (nSPS) is 23.4. The van der Waals surface area contributed by atoms with E-state index in [-0.39, 0.29) is 0 Å². The third kappa shape index (κ3) is 0.968. The van der Waals surface area contributed by atoms with Crippen molar-refractivity contribution in [3.8, 4) is 0 Å². The Labute approximate surface area is 80.7 Å². The molecule has 0 spiro atoms. The molecule has 14 heavy (non-hydrogen) atoms. The highest BCUT2D eigenvalue weighted by molar-refractivity contribution is 5.97. The lowest BCUT2D eigenvalue weighted by Gasteiger charge is -2.33. The number of rotatable bonds is 0. The van der Waals surface area contributed by atoms with Gasteiger partial charge in [-0.05, 0) is 18.9 Å². The van der Waals surface area contributed by atoms with Crippen LogP contribution in [0.3, 0.4) is 0 Å². The summed E-state index contributed by atoms with van der Waals surface area (Å²) in [6.45, 7) is 0. The van der Waals surface area contributed by atoms with Crippen molar-refractivity contribution in [2.45, 2.75) is 12.8 Å². The maximum atomic E-state index is 13.1. The molecule has 0 bridgehead atoms. The van der Waals surface area contributed by atoms with Crippen LogP contribution in [-0.2, 0) is 0 Å². The van der Waals surface area contributed by atoms with Gasteiger partial charge in [-0.15, -0.1) is 0 Å². The fraction of sp³-hybridized carbons (Fsp3) is 0.200. The number of hydrogen-bond donors (Lipinski definition) is 0. The number of halogens is 1. The van der Waals surface area contributed by atoms with Gasteiger partial charge in [0, 0.05) is 23.7 Å². The maximum Gasteiger partial charge on any atom is 0.236 e. The van der Waals surface area contributed by atoms with Gasteiger partial charge in [0.1, 0.15) is 0 Å². The van der Waals surface area contributed by atoms with E-state index in [1.807, 2.05) is 17.1 Å². The molecule has 4 heteroatoms. The van der Waals surface area contributed by atoms with E-state index in [9.17, 15) is 4.39 Å². The molecule has 3 nitrogen and oxygen atoms in total. The molecule has 0 unspecified atom stereocenters. The van der Waals surface area contributed by atoms with Crippen molar-refractivity contribution in [2.75, 3.05) is 0 Å². The number of guanidine groups is 1. The van der Waals surface area contributed by atoms with Gasteiger partial charge in [0.25, 0.3) is 0 Å². The number of allylic oxidation sites excluding steroid dienone is 4. The molecule has 3 heterocycles. The summed E-state index contributed by atoms with van der Waals surface area (Å²) in [5.41, 5.74) is 1.99. The van der Waals surface area contributed by atoms with Gasteiger partial charge in [-0.1, -0.05) is 6.08 Å². The summed E-state index contributed by atoms with van der Waals surface area (Å²) in [6.07, 6.45) is 8.98. The fourth-order valence-corrected chi connectivity index (χ4v) is 1.84. The average molecular weight is 189 g/mol. The van der Waals surface area contributed by atoms with Crippen LogP contribution < -0.4 is 0 Å². The van der Waals surface area contributed by atoms with Crippen LogP contribution in [0.5, 0.6) is 0 Å². The zero-order valence-electron chi connectivity index (χ0n) is 7.44. The Balaban J connectivity index is 2.18. The number of hydrogen-bond acceptors (Lipinski definition) is 3. The molecule has 0 atom stereocenters. The highest BCUT2D eigenvalue weighted by atomic mass is 19.1. The van der Waals surface area contributed by atoms with Crippen molar-refractivity contribution in [1.29, 1.82) is 0 Å². The standard InChI is InChI=1S/C10H8FN3/c11-9-6-8-3-1-2-7-4-5-12-10(13-9)14(7)8/h3-6H,1-2H2. The topological polar surface area (TPSA) is 28.0 Å². The van der Waals surface area contributed by atoms with Crippen LogP contribution in [0.2, 0.25) is 0 Å². The van der Waals surface area contributed by atoms with Crippen LogP contribution in [0, 0.1) is 0 Å². The van der Waals surface area contributed by atoms with Crippen molar-refractivity contribution < 1.29 is 4.39 Å². The van der Waals surface area contributed by atoms with E-state index in [0.29, 0.717) is 5.96 Å². The van der Waals surface area contributed by atoms with Crippen molar-refractivity contribution in [1.82, 2.24) is 4.90 Å². The fourth-order valence-electron chi connectivity index (χ4n) is 1.84. The van der Waals surface area contributed by atoms with E-state index < -0.39 is 5.95 Å². The first-order valence-corrected chi connectivity index (χ1v) is 4.54. The van der Waals surface area contributed by atoms with Crippen molar-refractivity contribution >= 4 is 12.2 Å². The minimum absolute atomic E-state index is 0.438. The first-order valence-electron chi connectivity index (χ1n) is 4.54. The molecule has 70 valence electrons. The molecular weight excluding hydrogens is 181 g/mol. The van der Waals surface area contributed by atoms with E-state index in [2.05, 4.69) is 9.98 Å². The summed E-state index contributed by atoms with van der Waals surface area (Å²) < 4.78 is 13.1. The minimum Gasteiger partial charge on any atom is -0.283 e. The molecule has 3 aliphatic heterocycles. The third-order valence-corrected chi connectivity index (χ3v) is 2.43. The van der Waals surface area contributed by atoms with Crippen LogP contribution in [-0.4, -0.2) is 17.1 Å². The molecule has 0 amide bonds. The lowest BCUT2D eigenvalue weighted by molar-refractivity contribution is 0.533. The zero-order valence-corrected chi connectivity index (χ0v) is 7.44.